The predicted molar refractivity (Wildman–Crippen MR) is 159 cm³/mol. The van der Waals surface area contributed by atoms with E-state index in [4.69, 9.17) is 4.42 Å². The predicted octanol–water partition coefficient (Wildman–Crippen LogP) is 8.89. The molecule has 190 valence electrons. The molecule has 0 fully saturated rings. The molecule has 0 radical (unpaired) electrons. The molecule has 2 aromatic heterocycles. The Labute approximate surface area is 229 Å². The molecule has 0 N–H and O–H groups in total. The molecule has 3 nitrogen and oxygen atoms in total. The van der Waals surface area contributed by atoms with Crippen LogP contribution in [0.15, 0.2) is 102 Å². The average molecular weight is 508 g/mol. The van der Waals surface area contributed by atoms with Gasteiger partial charge in [0.15, 0.2) is 6.20 Å². The van der Waals surface area contributed by atoms with E-state index in [1.807, 2.05) is 18.2 Å². The van der Waals surface area contributed by atoms with Crippen LogP contribution >= 0.6 is 0 Å². The molecule has 0 saturated carbocycles. The number of nitrogens with zero attached hydrogens (tertiary/aromatic N) is 2. The van der Waals surface area contributed by atoms with Gasteiger partial charge >= 0.3 is 0 Å². The van der Waals surface area contributed by atoms with E-state index < -0.39 is 0 Å². The fourth-order valence-electron chi connectivity index (χ4n) is 5.50. The highest BCUT2D eigenvalue weighted by Crippen LogP contribution is 2.42. The Morgan fingerprint density at radius 3 is 2.10 bits per heavy atom. The summed E-state index contributed by atoms with van der Waals surface area (Å²) in [6.45, 7) is 8.80. The Morgan fingerprint density at radius 1 is 0.718 bits per heavy atom. The lowest BCUT2D eigenvalue weighted by Crippen LogP contribution is -2.30. The van der Waals surface area contributed by atoms with E-state index in [1.165, 1.54) is 5.56 Å². The summed E-state index contributed by atoms with van der Waals surface area (Å²) in [7, 11) is 2.05. The number of rotatable bonds is 3. The molecule has 0 bridgehead atoms. The van der Waals surface area contributed by atoms with Crippen molar-refractivity contribution in [1.29, 1.82) is 5.26 Å². The van der Waals surface area contributed by atoms with Crippen LogP contribution in [0.1, 0.15) is 37.5 Å². The number of benzene rings is 4. The first-order chi connectivity index (χ1) is 18.8. The maximum absolute atomic E-state index is 10.1. The normalized spacial score (nSPS) is 11.7. The molecule has 0 unspecified atom stereocenters. The minimum absolute atomic E-state index is 0.104. The smallest absolute Gasteiger partial charge is 0.216 e. The van der Waals surface area contributed by atoms with Gasteiger partial charge in [-0.2, -0.15) is 5.26 Å². The maximum Gasteiger partial charge on any atom is 0.216 e. The van der Waals surface area contributed by atoms with Gasteiger partial charge in [-0.25, -0.2) is 4.57 Å². The van der Waals surface area contributed by atoms with Gasteiger partial charge in [-0.1, -0.05) is 75.4 Å². The summed E-state index contributed by atoms with van der Waals surface area (Å²) in [5.41, 5.74) is 11.0. The SMILES string of the molecule is Cc1ccc2c(oc3c(-c4cccc(-c5ccc(C(C)(C)C)cc5)c4)c(C#N)ccc32)c1-c1cccc[n+]1C. The Balaban J connectivity index is 1.58. The molecule has 0 aliphatic carbocycles. The second-order valence-corrected chi connectivity index (χ2v) is 11.3. The number of pyridine rings is 1. The van der Waals surface area contributed by atoms with Gasteiger partial charge in [0, 0.05) is 28.5 Å². The summed E-state index contributed by atoms with van der Waals surface area (Å²) in [5.74, 6) is 0. The molecular formula is C36H31N2O+. The lowest BCUT2D eigenvalue weighted by Gasteiger charge is -2.19. The van der Waals surface area contributed by atoms with E-state index in [2.05, 4.69) is 124 Å². The van der Waals surface area contributed by atoms with Crippen LogP contribution in [0.2, 0.25) is 0 Å². The monoisotopic (exact) mass is 507 g/mol. The summed E-state index contributed by atoms with van der Waals surface area (Å²) in [4.78, 5) is 0. The van der Waals surface area contributed by atoms with Gasteiger partial charge in [-0.15, -0.1) is 0 Å². The van der Waals surface area contributed by atoms with Gasteiger partial charge in [0.05, 0.1) is 17.2 Å². The summed E-state index contributed by atoms with van der Waals surface area (Å²) >= 11 is 0. The molecule has 39 heavy (non-hydrogen) atoms. The van der Waals surface area contributed by atoms with Crippen molar-refractivity contribution in [2.45, 2.75) is 33.1 Å². The number of furan rings is 1. The van der Waals surface area contributed by atoms with Crippen molar-refractivity contribution in [2.75, 3.05) is 0 Å². The fraction of sp³-hybridized carbons (Fsp3) is 0.167. The molecule has 0 atom stereocenters. The standard InChI is InChI=1S/C36H31N2O/c1-23-12-18-29-30-19-15-27(22-37)33(35(30)39-34(29)32(23)31-11-6-7-20-38(31)5)26-10-8-9-25(21-26)24-13-16-28(17-14-24)36(2,3)4/h6-21H,1-5H3/q+1. The summed E-state index contributed by atoms with van der Waals surface area (Å²) in [5, 5.41) is 12.2. The van der Waals surface area contributed by atoms with Crippen molar-refractivity contribution in [2.24, 2.45) is 7.05 Å². The molecule has 0 saturated heterocycles. The van der Waals surface area contributed by atoms with Crippen LogP contribution in [0.3, 0.4) is 0 Å². The van der Waals surface area contributed by atoms with Gasteiger partial charge < -0.3 is 4.42 Å². The van der Waals surface area contributed by atoms with Crippen molar-refractivity contribution in [3.63, 3.8) is 0 Å². The number of fused-ring (bicyclic) bond motifs is 3. The molecule has 0 spiro atoms. The molecule has 0 amide bonds. The Hall–Kier alpha value is -4.68. The number of hydrogen-bond donors (Lipinski definition) is 0. The van der Waals surface area contributed by atoms with Crippen LogP contribution < -0.4 is 4.57 Å². The van der Waals surface area contributed by atoms with Gasteiger partial charge in [-0.3, -0.25) is 0 Å². The molecular weight excluding hydrogens is 476 g/mol. The average Bonchev–Trinajstić information content (AvgIpc) is 3.31. The molecule has 2 heterocycles. The molecule has 0 aliphatic heterocycles. The summed E-state index contributed by atoms with van der Waals surface area (Å²) < 4.78 is 8.85. The Morgan fingerprint density at radius 2 is 1.41 bits per heavy atom. The Bertz CT molecular complexity index is 1910. The highest BCUT2D eigenvalue weighted by Gasteiger charge is 2.23. The van der Waals surface area contributed by atoms with Crippen LogP contribution in [0, 0.1) is 18.3 Å². The highest BCUT2D eigenvalue weighted by atomic mass is 16.3. The Kier molecular flexibility index (Phi) is 5.85. The molecule has 6 aromatic rings. The van der Waals surface area contributed by atoms with E-state index >= 15 is 0 Å². The highest BCUT2D eigenvalue weighted by molar-refractivity contribution is 6.14. The first-order valence-electron chi connectivity index (χ1n) is 13.3. The number of aryl methyl sites for hydroxylation is 2. The molecule has 0 aliphatic rings. The third kappa shape index (κ3) is 4.19. The zero-order valence-electron chi connectivity index (χ0n) is 23.0. The van der Waals surface area contributed by atoms with E-state index in [9.17, 15) is 5.26 Å². The van der Waals surface area contributed by atoms with Gasteiger partial charge in [0.1, 0.15) is 18.2 Å². The number of nitriles is 1. The molecule has 4 aromatic carbocycles. The third-order valence-electron chi connectivity index (χ3n) is 7.68. The van der Waals surface area contributed by atoms with E-state index in [0.717, 1.165) is 61.0 Å². The largest absolute Gasteiger partial charge is 0.454 e. The second kappa shape index (κ2) is 9.26. The van der Waals surface area contributed by atoms with Crippen molar-refractivity contribution >= 4 is 21.9 Å². The lowest BCUT2D eigenvalue weighted by molar-refractivity contribution is -0.660. The molecule has 6 rings (SSSR count). The fourth-order valence-corrected chi connectivity index (χ4v) is 5.50. The topological polar surface area (TPSA) is 40.8 Å². The minimum atomic E-state index is 0.104. The second-order valence-electron chi connectivity index (χ2n) is 11.3. The van der Waals surface area contributed by atoms with E-state index in [-0.39, 0.29) is 5.41 Å². The third-order valence-corrected chi connectivity index (χ3v) is 7.68. The minimum Gasteiger partial charge on any atom is -0.454 e. The van der Waals surface area contributed by atoms with Crippen molar-refractivity contribution in [3.8, 4) is 39.6 Å². The first kappa shape index (κ1) is 24.6. The van der Waals surface area contributed by atoms with E-state index in [1.54, 1.807) is 0 Å². The summed E-state index contributed by atoms with van der Waals surface area (Å²) in [6, 6.07) is 34.0. The quantitative estimate of drug-likeness (QED) is 0.224. The zero-order valence-corrected chi connectivity index (χ0v) is 23.0. The van der Waals surface area contributed by atoms with Crippen LogP contribution in [0.5, 0.6) is 0 Å². The van der Waals surface area contributed by atoms with Crippen molar-refractivity contribution in [3.05, 3.63) is 114 Å². The van der Waals surface area contributed by atoms with Gasteiger partial charge in [0.2, 0.25) is 5.69 Å². The first-order valence-corrected chi connectivity index (χ1v) is 13.3. The van der Waals surface area contributed by atoms with E-state index in [0.29, 0.717) is 5.56 Å². The lowest BCUT2D eigenvalue weighted by atomic mass is 9.86. The molecule has 3 heteroatoms. The van der Waals surface area contributed by atoms with Crippen molar-refractivity contribution in [1.82, 2.24) is 0 Å². The summed E-state index contributed by atoms with van der Waals surface area (Å²) in [6.07, 6.45) is 2.05. The number of aromatic nitrogens is 1. The van der Waals surface area contributed by atoms with Gasteiger partial charge in [0.25, 0.3) is 0 Å². The maximum atomic E-state index is 10.1. The van der Waals surface area contributed by atoms with Crippen LogP contribution in [-0.2, 0) is 12.5 Å². The van der Waals surface area contributed by atoms with Crippen molar-refractivity contribution < 1.29 is 8.98 Å². The zero-order chi connectivity index (χ0) is 27.3. The van der Waals surface area contributed by atoms with Gasteiger partial charge in [-0.05, 0) is 64.4 Å². The van der Waals surface area contributed by atoms with Crippen LogP contribution in [0.25, 0.3) is 55.4 Å². The number of hydrogen-bond acceptors (Lipinski definition) is 2. The van der Waals surface area contributed by atoms with Crippen LogP contribution in [0.4, 0.5) is 0 Å². The van der Waals surface area contributed by atoms with Crippen LogP contribution in [-0.4, -0.2) is 0 Å².